The number of primary amides is 1. The molecule has 0 aliphatic heterocycles. The van der Waals surface area contributed by atoms with E-state index < -0.39 is 6.03 Å². The number of carbonyl (C=O) groups is 1. The number of nitrogens with one attached hydrogen (secondary N) is 1. The van der Waals surface area contributed by atoms with E-state index in [4.69, 9.17) is 20.5 Å². The number of hydrogen-bond donors (Lipinski definition) is 2. The van der Waals surface area contributed by atoms with E-state index in [0.717, 1.165) is 11.1 Å². The molecule has 3 N–H and O–H groups in total. The van der Waals surface area contributed by atoms with Crippen molar-refractivity contribution in [1.82, 2.24) is 0 Å². The number of benzene rings is 3. The first-order chi connectivity index (χ1) is 13.6. The van der Waals surface area contributed by atoms with Crippen LogP contribution >= 0.6 is 9.90 Å². The largest absolute Gasteiger partial charge is 0.493 e. The highest BCUT2D eigenvalue weighted by molar-refractivity contribution is 6.92. The van der Waals surface area contributed by atoms with Crippen LogP contribution in [0.4, 0.5) is 10.5 Å². The lowest BCUT2D eigenvalue weighted by Gasteiger charge is -2.12. The summed E-state index contributed by atoms with van der Waals surface area (Å²) in [7, 11) is 1.58. The van der Waals surface area contributed by atoms with Gasteiger partial charge in [-0.2, -0.15) is 15.2 Å². The first-order valence-electron chi connectivity index (χ1n) is 8.57. The normalized spacial score (nSPS) is 9.66. The smallest absolute Gasteiger partial charge is 0.316 e. The summed E-state index contributed by atoms with van der Waals surface area (Å²) in [4.78, 5) is 10.9. The summed E-state index contributed by atoms with van der Waals surface area (Å²) in [5.74, 6) is 1.74. The Hall–Kier alpha value is -3.55. The Morgan fingerprint density at radius 3 is 2.41 bits per heavy atom. The third kappa shape index (κ3) is 5.97. The van der Waals surface area contributed by atoms with Crippen molar-refractivity contribution in [1.29, 1.82) is 5.26 Å². The predicted octanol–water partition coefficient (Wildman–Crippen LogP) is 4.50. The Morgan fingerprint density at radius 2 is 1.76 bits per heavy atom. The van der Waals surface area contributed by atoms with Crippen LogP contribution in [-0.4, -0.2) is 13.1 Å². The molecule has 0 aliphatic rings. The molecule has 0 radical (unpaired) electrons. The van der Waals surface area contributed by atoms with E-state index in [0.29, 0.717) is 34.9 Å². The number of ether oxygens (including phenoxy) is 2. The molecule has 0 spiro atoms. The maximum atomic E-state index is 10.9. The number of urea groups is 1. The summed E-state index contributed by atoms with van der Waals surface area (Å²) in [5.41, 5.74) is 8.39. The van der Waals surface area contributed by atoms with E-state index in [9.17, 15) is 4.79 Å². The van der Waals surface area contributed by atoms with Gasteiger partial charge in [-0.1, -0.05) is 24.3 Å². The first kappa shape index (κ1) is 21.7. The molecule has 3 aromatic carbocycles. The minimum atomic E-state index is -0.592. The lowest BCUT2D eigenvalue weighted by Crippen LogP contribution is -2.19. The zero-order chi connectivity index (χ0) is 19.9. The van der Waals surface area contributed by atoms with Crippen LogP contribution in [0.3, 0.4) is 0 Å². The summed E-state index contributed by atoms with van der Waals surface area (Å²) >= 11 is 0. The molecule has 7 heteroatoms. The number of methoxy groups -OCH3 is 1. The SMILES string of the molecule is COc1ccc(Cc2ccc(NC(N)=O)cc2)cc1Oc1cccc(C#N)c1.P. The molecule has 1 atom stereocenters. The van der Waals surface area contributed by atoms with E-state index >= 15 is 0 Å². The number of amides is 2. The minimum Gasteiger partial charge on any atom is -0.493 e. The topological polar surface area (TPSA) is 97.4 Å². The van der Waals surface area contributed by atoms with Gasteiger partial charge in [-0.15, -0.1) is 0 Å². The molecule has 0 heterocycles. The average Bonchev–Trinajstić information content (AvgIpc) is 2.69. The van der Waals surface area contributed by atoms with Gasteiger partial charge in [0.15, 0.2) is 11.5 Å². The van der Waals surface area contributed by atoms with Crippen LogP contribution in [0.2, 0.25) is 0 Å². The van der Waals surface area contributed by atoms with Crippen molar-refractivity contribution in [2.45, 2.75) is 6.42 Å². The third-order valence-corrected chi connectivity index (χ3v) is 4.05. The molecule has 3 aromatic rings. The van der Waals surface area contributed by atoms with Crippen molar-refractivity contribution >= 4 is 21.6 Å². The molecule has 0 aromatic heterocycles. The van der Waals surface area contributed by atoms with Gasteiger partial charge in [0.2, 0.25) is 0 Å². The predicted molar refractivity (Wildman–Crippen MR) is 118 cm³/mol. The van der Waals surface area contributed by atoms with Gasteiger partial charge in [0.25, 0.3) is 0 Å². The molecule has 0 fully saturated rings. The van der Waals surface area contributed by atoms with Crippen LogP contribution in [0.5, 0.6) is 17.2 Å². The summed E-state index contributed by atoms with van der Waals surface area (Å²) < 4.78 is 11.3. The molecule has 29 heavy (non-hydrogen) atoms. The van der Waals surface area contributed by atoms with Crippen LogP contribution in [0.15, 0.2) is 66.7 Å². The van der Waals surface area contributed by atoms with Gasteiger partial charge in [-0.25, -0.2) is 4.79 Å². The Kier molecular flexibility index (Phi) is 7.59. The van der Waals surface area contributed by atoms with Crippen LogP contribution in [0, 0.1) is 11.3 Å². The van der Waals surface area contributed by atoms with Gasteiger partial charge in [-0.3, -0.25) is 0 Å². The number of hydrogen-bond acceptors (Lipinski definition) is 4. The molecular formula is C22H22N3O3P. The van der Waals surface area contributed by atoms with Gasteiger partial charge >= 0.3 is 6.03 Å². The second-order valence-electron chi connectivity index (χ2n) is 6.09. The van der Waals surface area contributed by atoms with E-state index in [2.05, 4.69) is 11.4 Å². The van der Waals surface area contributed by atoms with Crippen LogP contribution in [0.25, 0.3) is 0 Å². The van der Waals surface area contributed by atoms with E-state index in [-0.39, 0.29) is 9.90 Å². The lowest BCUT2D eigenvalue weighted by molar-refractivity contribution is 0.259. The number of nitrogens with zero attached hydrogens (tertiary/aromatic N) is 1. The molecule has 3 rings (SSSR count). The summed E-state index contributed by atoms with van der Waals surface area (Å²) in [5, 5.41) is 11.6. The molecule has 0 saturated carbocycles. The number of nitrogens with two attached hydrogens (primary N) is 1. The molecular weight excluding hydrogens is 385 g/mol. The standard InChI is InChI=1S/C22H19N3O3.H3P/c1-27-20-10-7-16(11-15-5-8-18(9-6-15)25-22(24)26)13-21(20)28-19-4-2-3-17(12-19)14-23;/h2-10,12-13H,11H2,1H3,(H3,24,25,26);1H3. The number of nitriles is 1. The third-order valence-electron chi connectivity index (χ3n) is 4.05. The molecule has 148 valence electrons. The molecule has 6 nitrogen and oxygen atoms in total. The second-order valence-corrected chi connectivity index (χ2v) is 6.09. The van der Waals surface area contributed by atoms with Crippen LogP contribution in [0.1, 0.15) is 16.7 Å². The highest BCUT2D eigenvalue weighted by Gasteiger charge is 2.09. The quantitative estimate of drug-likeness (QED) is 0.588. The van der Waals surface area contributed by atoms with E-state index in [1.54, 1.807) is 43.5 Å². The molecule has 0 saturated heterocycles. The van der Waals surface area contributed by atoms with Gasteiger partial charge < -0.3 is 20.5 Å². The Balaban J connectivity index is 0.00000300. The van der Waals surface area contributed by atoms with Gasteiger partial charge in [0, 0.05) is 5.69 Å². The highest BCUT2D eigenvalue weighted by atomic mass is 31.0. The van der Waals surface area contributed by atoms with Crippen molar-refractivity contribution in [3.8, 4) is 23.3 Å². The van der Waals surface area contributed by atoms with Gasteiger partial charge in [0.1, 0.15) is 5.75 Å². The fourth-order valence-corrected chi connectivity index (χ4v) is 2.75. The monoisotopic (exact) mass is 407 g/mol. The highest BCUT2D eigenvalue weighted by Crippen LogP contribution is 2.33. The zero-order valence-electron chi connectivity index (χ0n) is 16.0. The van der Waals surface area contributed by atoms with Crippen LogP contribution in [-0.2, 0) is 6.42 Å². The Morgan fingerprint density at radius 1 is 1.03 bits per heavy atom. The van der Waals surface area contributed by atoms with Crippen molar-refractivity contribution in [2.24, 2.45) is 5.73 Å². The average molecular weight is 407 g/mol. The summed E-state index contributed by atoms with van der Waals surface area (Å²) in [6.45, 7) is 0. The maximum Gasteiger partial charge on any atom is 0.316 e. The number of rotatable bonds is 6. The van der Waals surface area contributed by atoms with Gasteiger partial charge in [0.05, 0.1) is 18.7 Å². The number of anilines is 1. The minimum absolute atomic E-state index is 0. The summed E-state index contributed by atoms with van der Waals surface area (Å²) in [6, 6.07) is 21.6. The molecule has 0 aliphatic carbocycles. The van der Waals surface area contributed by atoms with E-state index in [1.807, 2.05) is 30.3 Å². The Labute approximate surface area is 172 Å². The molecule has 2 amide bonds. The summed E-state index contributed by atoms with van der Waals surface area (Å²) in [6.07, 6.45) is 0.676. The first-order valence-corrected chi connectivity index (χ1v) is 8.57. The fourth-order valence-electron chi connectivity index (χ4n) is 2.75. The van der Waals surface area contributed by atoms with Crippen LogP contribution < -0.4 is 20.5 Å². The van der Waals surface area contributed by atoms with Gasteiger partial charge in [-0.05, 0) is 60.0 Å². The lowest BCUT2D eigenvalue weighted by atomic mass is 10.0. The number of carbonyl (C=O) groups excluding carboxylic acids is 1. The second kappa shape index (κ2) is 10.1. The van der Waals surface area contributed by atoms with E-state index in [1.165, 1.54) is 0 Å². The van der Waals surface area contributed by atoms with Crippen molar-refractivity contribution in [3.05, 3.63) is 83.4 Å². The zero-order valence-corrected chi connectivity index (χ0v) is 17.4. The maximum absolute atomic E-state index is 10.9. The van der Waals surface area contributed by atoms with Crippen molar-refractivity contribution in [3.63, 3.8) is 0 Å². The molecule has 0 bridgehead atoms. The molecule has 1 unspecified atom stereocenters. The fraction of sp³-hybridized carbons (Fsp3) is 0.0909. The Bertz CT molecular complexity index is 1030. The van der Waals surface area contributed by atoms with Crippen molar-refractivity contribution in [2.75, 3.05) is 12.4 Å². The van der Waals surface area contributed by atoms with Crippen molar-refractivity contribution < 1.29 is 14.3 Å².